The average Bonchev–Trinajstić information content (AvgIpc) is 3.24. The van der Waals surface area contributed by atoms with Crippen LogP contribution in [0, 0.1) is 0 Å². The number of unbranched alkanes of at least 4 members (excludes halogenated alkanes) is 33. The molecule has 9 heteroatoms. The van der Waals surface area contributed by atoms with E-state index in [1.165, 1.54) is 193 Å². The molecule has 0 aliphatic rings. The van der Waals surface area contributed by atoms with E-state index in [1.807, 2.05) is 27.2 Å². The Kier molecular flexibility index (Phi) is 44.9. The van der Waals surface area contributed by atoms with Gasteiger partial charge in [0.25, 0.3) is 0 Å². The molecule has 3 unspecified atom stereocenters. The molecule has 0 radical (unpaired) electrons. The van der Waals surface area contributed by atoms with Crippen LogP contribution in [0.4, 0.5) is 0 Å². The van der Waals surface area contributed by atoms with E-state index in [0.717, 1.165) is 38.5 Å². The standard InChI is InChI=1S/C54H105N2O6P/c1-6-8-10-12-14-16-18-20-22-24-26-27-28-30-31-33-35-37-39-41-43-45-47-53(57)52(51-62-63(59,60)61-50-49-56(3,4)5)55-54(58)48-46-44-42-40-38-36-34-32-29-25-23-21-19-17-15-13-11-9-7-2/h15,17,19,21,45,47,52-53,57H,6-14,16,18,20,22-44,46,48-51H2,1-5H3,(H-,55,58,59,60)/p+1/b17-15-,21-19-,47-45+. The zero-order valence-corrected chi connectivity index (χ0v) is 43.2. The molecule has 1 amide bonds. The van der Waals surface area contributed by atoms with Gasteiger partial charge in [-0.2, -0.15) is 0 Å². The Hall–Kier alpha value is -1.28. The van der Waals surface area contributed by atoms with Crippen molar-refractivity contribution in [1.29, 1.82) is 0 Å². The molecule has 0 aromatic carbocycles. The summed E-state index contributed by atoms with van der Waals surface area (Å²) in [6, 6.07) is -0.848. The predicted octanol–water partition coefficient (Wildman–Crippen LogP) is 15.8. The van der Waals surface area contributed by atoms with E-state index in [9.17, 15) is 19.4 Å². The number of quaternary nitrogens is 1. The van der Waals surface area contributed by atoms with Gasteiger partial charge in [0.1, 0.15) is 13.2 Å². The minimum atomic E-state index is -4.34. The maximum absolute atomic E-state index is 12.9. The van der Waals surface area contributed by atoms with Gasteiger partial charge < -0.3 is 19.8 Å². The largest absolute Gasteiger partial charge is 0.472 e. The van der Waals surface area contributed by atoms with Gasteiger partial charge in [-0.15, -0.1) is 0 Å². The maximum Gasteiger partial charge on any atom is 0.472 e. The summed E-state index contributed by atoms with van der Waals surface area (Å²) >= 11 is 0. The third-order valence-electron chi connectivity index (χ3n) is 12.1. The number of hydrogen-bond donors (Lipinski definition) is 3. The Morgan fingerprint density at radius 3 is 1.30 bits per heavy atom. The first kappa shape index (κ1) is 61.7. The van der Waals surface area contributed by atoms with Crippen molar-refractivity contribution in [3.63, 3.8) is 0 Å². The molecule has 0 rings (SSSR count). The number of amides is 1. The third-order valence-corrected chi connectivity index (χ3v) is 13.1. The van der Waals surface area contributed by atoms with Gasteiger partial charge >= 0.3 is 7.82 Å². The number of carbonyl (C=O) groups is 1. The highest BCUT2D eigenvalue weighted by Crippen LogP contribution is 2.43. The van der Waals surface area contributed by atoms with Crippen molar-refractivity contribution < 1.29 is 32.9 Å². The fourth-order valence-corrected chi connectivity index (χ4v) is 8.59. The number of nitrogens with zero attached hydrogens (tertiary/aromatic N) is 1. The quantitative estimate of drug-likeness (QED) is 0.0185. The topological polar surface area (TPSA) is 105 Å². The highest BCUT2D eigenvalue weighted by molar-refractivity contribution is 7.47. The van der Waals surface area contributed by atoms with E-state index in [4.69, 9.17) is 9.05 Å². The number of phosphoric acid groups is 1. The molecule has 0 saturated carbocycles. The van der Waals surface area contributed by atoms with Gasteiger partial charge in [-0.05, 0) is 44.9 Å². The van der Waals surface area contributed by atoms with Crippen molar-refractivity contribution in [1.82, 2.24) is 5.32 Å². The van der Waals surface area contributed by atoms with Crippen molar-refractivity contribution in [2.45, 2.75) is 264 Å². The first-order chi connectivity index (χ1) is 30.5. The van der Waals surface area contributed by atoms with Crippen LogP contribution in [0.25, 0.3) is 0 Å². The van der Waals surface area contributed by atoms with Crippen LogP contribution in [0.5, 0.6) is 0 Å². The number of nitrogens with one attached hydrogen (secondary N) is 1. The van der Waals surface area contributed by atoms with E-state index in [2.05, 4.69) is 43.5 Å². The summed E-state index contributed by atoms with van der Waals surface area (Å²) in [7, 11) is 1.57. The number of phosphoric ester groups is 1. The van der Waals surface area contributed by atoms with Crippen LogP contribution in [0.2, 0.25) is 0 Å². The first-order valence-corrected chi connectivity index (χ1v) is 28.4. The van der Waals surface area contributed by atoms with Gasteiger partial charge in [0.15, 0.2) is 0 Å². The molecule has 0 aliphatic carbocycles. The molecule has 0 aromatic heterocycles. The molecule has 0 fully saturated rings. The SMILES string of the molecule is CCCCC/C=C\C=C/CCCCCCCCCCCCC(=O)NC(COP(=O)(O)OCC[N+](C)(C)C)C(O)/C=C/CCCCCCCCCCCCCCCCCCCCCC. The van der Waals surface area contributed by atoms with Crippen LogP contribution in [0.15, 0.2) is 36.5 Å². The van der Waals surface area contributed by atoms with Crippen LogP contribution >= 0.6 is 7.82 Å². The number of allylic oxidation sites excluding steroid dienone is 5. The summed E-state index contributed by atoms with van der Waals surface area (Å²) < 4.78 is 23.7. The van der Waals surface area contributed by atoms with Gasteiger partial charge in [0, 0.05) is 6.42 Å². The van der Waals surface area contributed by atoms with Crippen LogP contribution < -0.4 is 5.32 Å². The lowest BCUT2D eigenvalue weighted by Gasteiger charge is -2.25. The Morgan fingerprint density at radius 2 is 0.889 bits per heavy atom. The Balaban J connectivity index is 4.27. The minimum Gasteiger partial charge on any atom is -0.387 e. The van der Waals surface area contributed by atoms with E-state index < -0.39 is 20.0 Å². The second kappa shape index (κ2) is 45.9. The van der Waals surface area contributed by atoms with E-state index in [0.29, 0.717) is 17.4 Å². The monoisotopic (exact) mass is 910 g/mol. The second-order valence-corrected chi connectivity index (χ2v) is 21.1. The number of rotatable bonds is 49. The second-order valence-electron chi connectivity index (χ2n) is 19.6. The molecule has 0 saturated heterocycles. The Labute approximate surface area is 391 Å². The average molecular weight is 910 g/mol. The smallest absolute Gasteiger partial charge is 0.387 e. The third kappa shape index (κ3) is 48.5. The number of aliphatic hydroxyl groups is 1. The zero-order valence-electron chi connectivity index (χ0n) is 42.3. The van der Waals surface area contributed by atoms with Gasteiger partial charge in [-0.25, -0.2) is 4.57 Å². The Morgan fingerprint density at radius 1 is 0.540 bits per heavy atom. The van der Waals surface area contributed by atoms with Crippen molar-refractivity contribution in [2.24, 2.45) is 0 Å². The van der Waals surface area contributed by atoms with Gasteiger partial charge in [-0.1, -0.05) is 237 Å². The van der Waals surface area contributed by atoms with Crippen LogP contribution in [0.1, 0.15) is 251 Å². The molecular formula is C54H106N2O6P+. The molecule has 0 heterocycles. The normalized spacial score (nSPS) is 14.3. The summed E-state index contributed by atoms with van der Waals surface area (Å²) in [5.41, 5.74) is 0. The van der Waals surface area contributed by atoms with Crippen molar-refractivity contribution in [3.8, 4) is 0 Å². The van der Waals surface area contributed by atoms with Crippen molar-refractivity contribution >= 4 is 13.7 Å². The predicted molar refractivity (Wildman–Crippen MR) is 272 cm³/mol. The van der Waals surface area contributed by atoms with Crippen LogP contribution in [-0.2, 0) is 18.4 Å². The molecule has 372 valence electrons. The number of hydrogen-bond acceptors (Lipinski definition) is 5. The first-order valence-electron chi connectivity index (χ1n) is 26.9. The van der Waals surface area contributed by atoms with Gasteiger partial charge in [0.05, 0.1) is 39.9 Å². The molecule has 0 spiro atoms. The lowest BCUT2D eigenvalue weighted by molar-refractivity contribution is -0.870. The van der Waals surface area contributed by atoms with Crippen LogP contribution in [0.3, 0.4) is 0 Å². The molecule has 3 N–H and O–H groups in total. The summed E-state index contributed by atoms with van der Waals surface area (Å²) in [5, 5.41) is 13.9. The summed E-state index contributed by atoms with van der Waals surface area (Å²) in [5.74, 6) is -0.179. The Bertz CT molecular complexity index is 1120. The molecule has 0 bridgehead atoms. The molecule has 0 aromatic rings. The maximum atomic E-state index is 12.9. The summed E-state index contributed by atoms with van der Waals surface area (Å²) in [4.78, 5) is 23.2. The molecular weight excluding hydrogens is 804 g/mol. The van der Waals surface area contributed by atoms with Gasteiger partial charge in [0.2, 0.25) is 5.91 Å². The number of carbonyl (C=O) groups excluding carboxylic acids is 1. The fourth-order valence-electron chi connectivity index (χ4n) is 7.86. The summed E-state index contributed by atoms with van der Waals surface area (Å²) in [6.07, 6.45) is 57.9. The minimum absolute atomic E-state index is 0.0611. The highest BCUT2D eigenvalue weighted by atomic mass is 31.2. The van der Waals surface area contributed by atoms with E-state index in [-0.39, 0.29) is 19.1 Å². The van der Waals surface area contributed by atoms with E-state index >= 15 is 0 Å². The lowest BCUT2D eigenvalue weighted by Crippen LogP contribution is -2.45. The molecule has 63 heavy (non-hydrogen) atoms. The molecule has 8 nitrogen and oxygen atoms in total. The summed E-state index contributed by atoms with van der Waals surface area (Å²) in [6.45, 7) is 4.81. The van der Waals surface area contributed by atoms with Crippen molar-refractivity contribution in [3.05, 3.63) is 36.5 Å². The fraction of sp³-hybridized carbons (Fsp3) is 0.870. The van der Waals surface area contributed by atoms with Crippen LogP contribution in [-0.4, -0.2) is 73.4 Å². The highest BCUT2D eigenvalue weighted by Gasteiger charge is 2.27. The van der Waals surface area contributed by atoms with E-state index in [1.54, 1.807) is 6.08 Å². The number of likely N-dealkylation sites (N-methyl/N-ethyl adjacent to an activating group) is 1. The lowest BCUT2D eigenvalue weighted by atomic mass is 10.0. The van der Waals surface area contributed by atoms with Crippen molar-refractivity contribution in [2.75, 3.05) is 40.9 Å². The molecule has 0 aliphatic heterocycles. The number of aliphatic hydroxyl groups excluding tert-OH is 1. The van der Waals surface area contributed by atoms with Gasteiger partial charge in [-0.3, -0.25) is 13.8 Å². The molecule has 3 atom stereocenters. The zero-order chi connectivity index (χ0) is 46.4.